The Morgan fingerprint density at radius 3 is 2.75 bits per heavy atom. The monoisotopic (exact) mass is 272 g/mol. The molecule has 1 aromatic rings. The Morgan fingerprint density at radius 2 is 2.10 bits per heavy atom. The second-order valence-electron chi connectivity index (χ2n) is 4.67. The minimum atomic E-state index is -0.788. The fraction of sp³-hybridized carbons (Fsp3) is 0.312. The van der Waals surface area contributed by atoms with Crippen LogP contribution in [-0.2, 0) is 4.74 Å². The smallest absolute Gasteiger partial charge is 0.430 e. The van der Waals surface area contributed by atoms with E-state index in [1.54, 1.807) is 31.2 Å². The normalized spacial score (nSPS) is 22.1. The third kappa shape index (κ3) is 3.40. The maximum atomic E-state index is 11.7. The zero-order valence-corrected chi connectivity index (χ0v) is 11.2. The van der Waals surface area contributed by atoms with Gasteiger partial charge in [-0.25, -0.2) is 4.79 Å². The van der Waals surface area contributed by atoms with Crippen molar-refractivity contribution in [3.63, 3.8) is 0 Å². The van der Waals surface area contributed by atoms with E-state index in [4.69, 9.17) is 15.9 Å². The molecule has 0 bridgehead atoms. The van der Waals surface area contributed by atoms with Gasteiger partial charge < -0.3 is 14.6 Å². The van der Waals surface area contributed by atoms with E-state index in [-0.39, 0.29) is 0 Å². The highest BCUT2D eigenvalue weighted by Gasteiger charge is 2.28. The molecule has 104 valence electrons. The Hall–Kier alpha value is -2.25. The van der Waals surface area contributed by atoms with Crippen LogP contribution in [-0.4, -0.2) is 23.5 Å². The maximum Gasteiger partial charge on any atom is 0.514 e. The van der Waals surface area contributed by atoms with Gasteiger partial charge in [-0.15, -0.1) is 6.42 Å². The van der Waals surface area contributed by atoms with Crippen molar-refractivity contribution in [3.05, 3.63) is 41.5 Å². The van der Waals surface area contributed by atoms with Crippen molar-refractivity contribution in [1.29, 1.82) is 0 Å². The number of benzene rings is 1. The molecule has 4 nitrogen and oxygen atoms in total. The molecule has 0 heterocycles. The first-order valence-corrected chi connectivity index (χ1v) is 6.38. The van der Waals surface area contributed by atoms with Crippen LogP contribution < -0.4 is 4.74 Å². The molecule has 0 aromatic heterocycles. The number of terminal acetylenes is 1. The molecule has 0 spiro atoms. The number of rotatable bonds is 2. The molecule has 20 heavy (non-hydrogen) atoms. The van der Waals surface area contributed by atoms with Gasteiger partial charge in [-0.1, -0.05) is 24.1 Å². The summed E-state index contributed by atoms with van der Waals surface area (Å²) >= 11 is 0. The third-order valence-corrected chi connectivity index (χ3v) is 3.28. The first kappa shape index (κ1) is 14.2. The van der Waals surface area contributed by atoms with Crippen molar-refractivity contribution >= 4 is 6.16 Å². The van der Waals surface area contributed by atoms with E-state index in [1.165, 1.54) is 0 Å². The Balaban J connectivity index is 1.95. The second-order valence-corrected chi connectivity index (χ2v) is 4.67. The quantitative estimate of drug-likeness (QED) is 0.511. The van der Waals surface area contributed by atoms with E-state index in [1.807, 2.05) is 6.07 Å². The number of aliphatic hydroxyl groups excluding tert-OH is 1. The molecule has 4 heteroatoms. The highest BCUT2D eigenvalue weighted by atomic mass is 16.7. The lowest BCUT2D eigenvalue weighted by Crippen LogP contribution is -2.30. The van der Waals surface area contributed by atoms with Crippen LogP contribution in [0.25, 0.3) is 0 Å². The molecule has 0 fully saturated rings. The Kier molecular flexibility index (Phi) is 4.44. The average molecular weight is 272 g/mol. The lowest BCUT2D eigenvalue weighted by molar-refractivity contribution is 0.0309. The third-order valence-electron chi connectivity index (χ3n) is 3.28. The van der Waals surface area contributed by atoms with Crippen molar-refractivity contribution in [2.24, 2.45) is 0 Å². The van der Waals surface area contributed by atoms with Crippen LogP contribution in [0.5, 0.6) is 5.75 Å². The van der Waals surface area contributed by atoms with Gasteiger partial charge in [-0.05, 0) is 24.6 Å². The highest BCUT2D eigenvalue weighted by molar-refractivity contribution is 5.64. The molecule has 0 radical (unpaired) electrons. The standard InChI is InChI=1S/C16H16O4/c1-3-12-9-14(10-15(17)11(12)2)20-16(18)19-13-7-5-4-6-8-13/h1,4-8,14-15,17H,9-10H2,2H3/t14-,15+/m0/s1. The lowest BCUT2D eigenvalue weighted by Gasteiger charge is -2.27. The van der Waals surface area contributed by atoms with Crippen LogP contribution in [0, 0.1) is 12.3 Å². The Labute approximate surface area is 118 Å². The fourth-order valence-electron chi connectivity index (χ4n) is 2.11. The highest BCUT2D eigenvalue weighted by Crippen LogP contribution is 2.27. The van der Waals surface area contributed by atoms with Gasteiger partial charge in [0.05, 0.1) is 6.10 Å². The predicted octanol–water partition coefficient (Wildman–Crippen LogP) is 2.68. The fourth-order valence-corrected chi connectivity index (χ4v) is 2.11. The van der Waals surface area contributed by atoms with E-state index >= 15 is 0 Å². The van der Waals surface area contributed by atoms with E-state index in [0.717, 1.165) is 5.57 Å². The van der Waals surface area contributed by atoms with Gasteiger partial charge in [0, 0.05) is 18.4 Å². The first-order chi connectivity index (χ1) is 9.60. The lowest BCUT2D eigenvalue weighted by atomic mass is 9.89. The molecule has 0 amide bonds. The summed E-state index contributed by atoms with van der Waals surface area (Å²) in [4.78, 5) is 11.7. The molecule has 1 N–H and O–H groups in total. The Bertz CT molecular complexity index is 554. The topological polar surface area (TPSA) is 55.8 Å². The predicted molar refractivity (Wildman–Crippen MR) is 74.1 cm³/mol. The minimum absolute atomic E-state index is 0.334. The largest absolute Gasteiger partial charge is 0.514 e. The van der Waals surface area contributed by atoms with Gasteiger partial charge in [0.1, 0.15) is 11.9 Å². The molecule has 0 saturated carbocycles. The zero-order chi connectivity index (χ0) is 14.5. The molecular formula is C16H16O4. The van der Waals surface area contributed by atoms with Crippen LogP contribution in [0.1, 0.15) is 19.8 Å². The molecule has 0 unspecified atom stereocenters. The number of hydrogen-bond donors (Lipinski definition) is 1. The van der Waals surface area contributed by atoms with Gasteiger partial charge in [-0.2, -0.15) is 0 Å². The zero-order valence-electron chi connectivity index (χ0n) is 11.2. The summed E-state index contributed by atoms with van der Waals surface area (Å²) in [5.41, 5.74) is 1.45. The number of hydrogen-bond acceptors (Lipinski definition) is 4. The van der Waals surface area contributed by atoms with Gasteiger partial charge in [0.25, 0.3) is 0 Å². The number of carbonyl (C=O) groups is 1. The van der Waals surface area contributed by atoms with Crippen LogP contribution in [0.2, 0.25) is 0 Å². The van der Waals surface area contributed by atoms with Gasteiger partial charge >= 0.3 is 6.16 Å². The van der Waals surface area contributed by atoms with Crippen LogP contribution >= 0.6 is 0 Å². The van der Waals surface area contributed by atoms with Gasteiger partial charge in [-0.3, -0.25) is 0 Å². The van der Waals surface area contributed by atoms with Crippen molar-refractivity contribution in [3.8, 4) is 18.1 Å². The summed E-state index contributed by atoms with van der Waals surface area (Å²) in [5, 5.41) is 9.87. The first-order valence-electron chi connectivity index (χ1n) is 6.38. The molecule has 0 saturated heterocycles. The summed E-state index contributed by atoms with van der Waals surface area (Å²) in [6.07, 6.45) is 4.22. The number of ether oxygens (including phenoxy) is 2. The number of para-hydroxylation sites is 1. The summed E-state index contributed by atoms with van der Waals surface area (Å²) in [7, 11) is 0. The van der Waals surface area contributed by atoms with Crippen molar-refractivity contribution in [2.45, 2.75) is 32.0 Å². The number of aliphatic hydroxyl groups is 1. The summed E-state index contributed by atoms with van der Waals surface area (Å²) in [6.45, 7) is 1.79. The van der Waals surface area contributed by atoms with Crippen molar-refractivity contribution in [2.75, 3.05) is 0 Å². The SMILES string of the molecule is C#CC1=C(C)[C@H](O)C[C@@H](OC(=O)Oc2ccccc2)C1. The molecule has 1 aliphatic rings. The molecular weight excluding hydrogens is 256 g/mol. The van der Waals surface area contributed by atoms with E-state index < -0.39 is 18.4 Å². The van der Waals surface area contributed by atoms with E-state index in [9.17, 15) is 9.90 Å². The molecule has 2 atom stereocenters. The molecule has 1 aromatic carbocycles. The van der Waals surface area contributed by atoms with Gasteiger partial charge in [0.2, 0.25) is 0 Å². The second kappa shape index (κ2) is 6.27. The summed E-state index contributed by atoms with van der Waals surface area (Å²) < 4.78 is 10.2. The average Bonchev–Trinajstić information content (AvgIpc) is 2.43. The maximum absolute atomic E-state index is 11.7. The van der Waals surface area contributed by atoms with Gasteiger partial charge in [0.15, 0.2) is 0 Å². The van der Waals surface area contributed by atoms with Crippen molar-refractivity contribution in [1.82, 2.24) is 0 Å². The Morgan fingerprint density at radius 1 is 1.40 bits per heavy atom. The molecule has 0 aliphatic heterocycles. The van der Waals surface area contributed by atoms with E-state index in [2.05, 4.69) is 5.92 Å². The minimum Gasteiger partial charge on any atom is -0.430 e. The molecule has 1 aliphatic carbocycles. The molecule has 2 rings (SSSR count). The van der Waals surface area contributed by atoms with Crippen LogP contribution in [0.4, 0.5) is 4.79 Å². The van der Waals surface area contributed by atoms with E-state index in [0.29, 0.717) is 24.2 Å². The summed E-state index contributed by atoms with van der Waals surface area (Å²) in [5.74, 6) is 2.94. The van der Waals surface area contributed by atoms with Crippen LogP contribution in [0.15, 0.2) is 41.5 Å². The van der Waals surface area contributed by atoms with Crippen LogP contribution in [0.3, 0.4) is 0 Å². The number of carbonyl (C=O) groups excluding carboxylic acids is 1. The summed E-state index contributed by atoms with van der Waals surface area (Å²) in [6, 6.07) is 8.66. The van der Waals surface area contributed by atoms with Crippen molar-refractivity contribution < 1.29 is 19.4 Å².